The first kappa shape index (κ1) is 13.2. The standard InChI is InChI=1S/C16H16N2O4/c1-10-13(7-17-22-10)16(19)18-5-4-12(8-18)11-2-3-14-15(6-11)21-9-20-14/h2-3,6-7,12H,4-5,8-9H2,1H3/t12-/m0/s1. The number of likely N-dealkylation sites (tertiary alicyclic amines) is 1. The summed E-state index contributed by atoms with van der Waals surface area (Å²) < 4.78 is 15.7. The van der Waals surface area contributed by atoms with Crippen LogP contribution in [0.25, 0.3) is 0 Å². The van der Waals surface area contributed by atoms with Crippen molar-refractivity contribution < 1.29 is 18.8 Å². The van der Waals surface area contributed by atoms with Crippen molar-refractivity contribution in [3.63, 3.8) is 0 Å². The fourth-order valence-corrected chi connectivity index (χ4v) is 3.06. The summed E-state index contributed by atoms with van der Waals surface area (Å²) in [7, 11) is 0. The molecule has 22 heavy (non-hydrogen) atoms. The Bertz CT molecular complexity index is 725. The third-order valence-electron chi connectivity index (χ3n) is 4.32. The Labute approximate surface area is 127 Å². The predicted molar refractivity (Wildman–Crippen MR) is 77.1 cm³/mol. The van der Waals surface area contributed by atoms with E-state index < -0.39 is 0 Å². The molecule has 2 aliphatic rings. The van der Waals surface area contributed by atoms with Gasteiger partial charge in [0.05, 0.1) is 6.20 Å². The molecule has 0 bridgehead atoms. The second kappa shape index (κ2) is 5.05. The minimum absolute atomic E-state index is 0.0120. The summed E-state index contributed by atoms with van der Waals surface area (Å²) >= 11 is 0. The fraction of sp³-hybridized carbons (Fsp3) is 0.375. The molecule has 6 nitrogen and oxygen atoms in total. The Morgan fingerprint density at radius 3 is 3.00 bits per heavy atom. The van der Waals surface area contributed by atoms with E-state index in [-0.39, 0.29) is 12.7 Å². The van der Waals surface area contributed by atoms with E-state index in [4.69, 9.17) is 14.0 Å². The lowest BCUT2D eigenvalue weighted by atomic mass is 9.98. The second-order valence-corrected chi connectivity index (χ2v) is 5.65. The molecule has 0 N–H and O–H groups in total. The van der Waals surface area contributed by atoms with Gasteiger partial charge in [-0.3, -0.25) is 4.79 Å². The quantitative estimate of drug-likeness (QED) is 0.851. The van der Waals surface area contributed by atoms with Crippen molar-refractivity contribution in [2.24, 2.45) is 0 Å². The molecule has 1 aromatic heterocycles. The van der Waals surface area contributed by atoms with Crippen LogP contribution in [0.2, 0.25) is 0 Å². The molecule has 114 valence electrons. The van der Waals surface area contributed by atoms with Gasteiger partial charge < -0.3 is 18.9 Å². The molecule has 2 aromatic rings. The number of amides is 1. The first-order valence-electron chi connectivity index (χ1n) is 7.32. The van der Waals surface area contributed by atoms with Crippen molar-refractivity contribution in [1.29, 1.82) is 0 Å². The zero-order valence-electron chi connectivity index (χ0n) is 12.2. The second-order valence-electron chi connectivity index (χ2n) is 5.65. The number of hydrogen-bond acceptors (Lipinski definition) is 5. The maximum Gasteiger partial charge on any atom is 0.259 e. The minimum Gasteiger partial charge on any atom is -0.454 e. The first-order valence-corrected chi connectivity index (χ1v) is 7.32. The van der Waals surface area contributed by atoms with Gasteiger partial charge in [0.2, 0.25) is 6.79 Å². The molecule has 1 amide bonds. The van der Waals surface area contributed by atoms with Gasteiger partial charge in [-0.25, -0.2) is 0 Å². The lowest BCUT2D eigenvalue weighted by molar-refractivity contribution is 0.0789. The smallest absolute Gasteiger partial charge is 0.259 e. The van der Waals surface area contributed by atoms with Gasteiger partial charge in [-0.2, -0.15) is 0 Å². The highest BCUT2D eigenvalue weighted by molar-refractivity contribution is 5.95. The van der Waals surface area contributed by atoms with Gasteiger partial charge in [-0.1, -0.05) is 11.2 Å². The number of hydrogen-bond donors (Lipinski definition) is 0. The maximum absolute atomic E-state index is 12.5. The summed E-state index contributed by atoms with van der Waals surface area (Å²) in [6, 6.07) is 6.01. The largest absolute Gasteiger partial charge is 0.454 e. The summed E-state index contributed by atoms with van der Waals surface area (Å²) in [5, 5.41) is 3.68. The van der Waals surface area contributed by atoms with Gasteiger partial charge in [-0.15, -0.1) is 0 Å². The SMILES string of the molecule is Cc1oncc1C(=O)N1CC[C@H](c2ccc3c(c2)OCO3)C1. The van der Waals surface area contributed by atoms with E-state index in [9.17, 15) is 4.79 Å². The molecule has 1 aromatic carbocycles. The summed E-state index contributed by atoms with van der Waals surface area (Å²) in [4.78, 5) is 14.3. The van der Waals surface area contributed by atoms with Crippen molar-refractivity contribution >= 4 is 5.91 Å². The third kappa shape index (κ3) is 2.11. The molecule has 3 heterocycles. The molecule has 1 atom stereocenters. The van der Waals surface area contributed by atoms with E-state index in [0.717, 1.165) is 24.5 Å². The van der Waals surface area contributed by atoms with Gasteiger partial charge >= 0.3 is 0 Å². The highest BCUT2D eigenvalue weighted by Crippen LogP contribution is 2.37. The Hall–Kier alpha value is -2.50. The summed E-state index contributed by atoms with van der Waals surface area (Å²) in [5.41, 5.74) is 1.73. The number of carbonyl (C=O) groups is 1. The number of nitrogens with zero attached hydrogens (tertiary/aromatic N) is 2. The Balaban J connectivity index is 1.51. The number of ether oxygens (including phenoxy) is 2. The Morgan fingerprint density at radius 1 is 1.32 bits per heavy atom. The van der Waals surface area contributed by atoms with E-state index in [2.05, 4.69) is 11.2 Å². The van der Waals surface area contributed by atoms with Gasteiger partial charge in [0.25, 0.3) is 5.91 Å². The Kier molecular flexibility index (Phi) is 3.03. The average molecular weight is 300 g/mol. The fourth-order valence-electron chi connectivity index (χ4n) is 3.06. The molecule has 0 unspecified atom stereocenters. The molecule has 0 radical (unpaired) electrons. The number of fused-ring (bicyclic) bond motifs is 1. The predicted octanol–water partition coefficient (Wildman–Crippen LogP) is 2.34. The van der Waals surface area contributed by atoms with Crippen LogP contribution in [0.4, 0.5) is 0 Å². The van der Waals surface area contributed by atoms with E-state index in [1.165, 1.54) is 11.8 Å². The molecule has 1 saturated heterocycles. The van der Waals surface area contributed by atoms with Crippen LogP contribution in [0, 0.1) is 6.92 Å². The van der Waals surface area contributed by atoms with Crippen molar-refractivity contribution in [2.75, 3.05) is 19.9 Å². The Morgan fingerprint density at radius 2 is 2.18 bits per heavy atom. The monoisotopic (exact) mass is 300 g/mol. The molecule has 1 fully saturated rings. The van der Waals surface area contributed by atoms with E-state index >= 15 is 0 Å². The van der Waals surface area contributed by atoms with Crippen molar-refractivity contribution in [3.8, 4) is 11.5 Å². The van der Waals surface area contributed by atoms with Crippen LogP contribution in [0.3, 0.4) is 0 Å². The van der Waals surface area contributed by atoms with Crippen LogP contribution in [-0.4, -0.2) is 35.8 Å². The molecule has 0 aliphatic carbocycles. The number of aromatic nitrogens is 1. The zero-order valence-corrected chi connectivity index (χ0v) is 12.2. The minimum atomic E-state index is -0.0120. The molecular weight excluding hydrogens is 284 g/mol. The van der Waals surface area contributed by atoms with E-state index in [1.807, 2.05) is 17.0 Å². The van der Waals surface area contributed by atoms with Gasteiger partial charge in [0, 0.05) is 19.0 Å². The topological polar surface area (TPSA) is 64.8 Å². The zero-order chi connectivity index (χ0) is 15.1. The molecular formula is C16H16N2O4. The maximum atomic E-state index is 12.5. The first-order chi connectivity index (χ1) is 10.7. The van der Waals surface area contributed by atoms with Crippen LogP contribution >= 0.6 is 0 Å². The third-order valence-corrected chi connectivity index (χ3v) is 4.32. The molecule has 0 spiro atoms. The van der Waals surface area contributed by atoms with Crippen LogP contribution in [0.5, 0.6) is 11.5 Å². The normalized spacial score (nSPS) is 19.7. The number of aryl methyl sites for hydroxylation is 1. The highest BCUT2D eigenvalue weighted by Gasteiger charge is 2.30. The van der Waals surface area contributed by atoms with Crippen LogP contribution in [0.1, 0.15) is 34.0 Å². The van der Waals surface area contributed by atoms with Crippen LogP contribution in [0.15, 0.2) is 28.9 Å². The summed E-state index contributed by atoms with van der Waals surface area (Å²) in [6.45, 7) is 3.47. The number of carbonyl (C=O) groups excluding carboxylic acids is 1. The van der Waals surface area contributed by atoms with Gasteiger partial charge in [0.1, 0.15) is 11.3 Å². The molecule has 2 aliphatic heterocycles. The van der Waals surface area contributed by atoms with Crippen LogP contribution < -0.4 is 9.47 Å². The van der Waals surface area contributed by atoms with Crippen molar-refractivity contribution in [3.05, 3.63) is 41.3 Å². The van der Waals surface area contributed by atoms with Crippen molar-refractivity contribution in [2.45, 2.75) is 19.3 Å². The number of benzene rings is 1. The van der Waals surface area contributed by atoms with E-state index in [0.29, 0.717) is 23.8 Å². The molecule has 0 saturated carbocycles. The molecule has 4 rings (SSSR count). The number of rotatable bonds is 2. The van der Waals surface area contributed by atoms with Crippen molar-refractivity contribution in [1.82, 2.24) is 10.1 Å². The highest BCUT2D eigenvalue weighted by atomic mass is 16.7. The lowest BCUT2D eigenvalue weighted by Gasteiger charge is -2.16. The van der Waals surface area contributed by atoms with E-state index in [1.54, 1.807) is 6.92 Å². The molecule has 6 heteroatoms. The average Bonchev–Trinajstić information content (AvgIpc) is 3.26. The van der Waals surface area contributed by atoms with Gasteiger partial charge in [-0.05, 0) is 31.0 Å². The summed E-state index contributed by atoms with van der Waals surface area (Å²) in [5.74, 6) is 2.45. The van der Waals surface area contributed by atoms with Crippen LogP contribution in [-0.2, 0) is 0 Å². The van der Waals surface area contributed by atoms with Gasteiger partial charge in [0.15, 0.2) is 11.5 Å². The summed E-state index contributed by atoms with van der Waals surface area (Å²) in [6.07, 6.45) is 2.43. The lowest BCUT2D eigenvalue weighted by Crippen LogP contribution is -2.28.